The number of rotatable bonds is 1. The molecule has 2 aromatic rings. The van der Waals surface area contributed by atoms with Gasteiger partial charge in [-0.2, -0.15) is 48.5 Å². The fraction of sp³-hybridized carbons (Fsp3) is 0.333. The van der Waals surface area contributed by atoms with Crippen molar-refractivity contribution in [1.82, 2.24) is 0 Å². The van der Waals surface area contributed by atoms with Gasteiger partial charge < -0.3 is 15.0 Å². The van der Waals surface area contributed by atoms with Gasteiger partial charge in [-0.3, -0.25) is 0 Å². The molecule has 0 atom stereocenters. The van der Waals surface area contributed by atoms with Crippen LogP contribution in [-0.2, 0) is 30.4 Å². The van der Waals surface area contributed by atoms with E-state index in [-0.39, 0.29) is 39.4 Å². The van der Waals surface area contributed by atoms with E-state index in [4.69, 9.17) is 15.0 Å². The van der Waals surface area contributed by atoms with E-state index in [0.29, 0.717) is 5.69 Å². The summed E-state index contributed by atoms with van der Waals surface area (Å²) in [6.07, 6.45) is 0. The predicted octanol–water partition coefficient (Wildman–Crippen LogP) is 2.85. The third-order valence-electron chi connectivity index (χ3n) is 3.96. The largest absolute Gasteiger partial charge is 2.00 e. The summed E-state index contributed by atoms with van der Waals surface area (Å²) < 4.78 is 11.8. The maximum atomic E-state index is 5.90. The maximum absolute atomic E-state index is 5.90. The van der Waals surface area contributed by atoms with Gasteiger partial charge in [0.2, 0.25) is 0 Å². The van der Waals surface area contributed by atoms with Crippen LogP contribution < -0.4 is 11.2 Å². The average Bonchev–Trinajstić information content (AvgIpc) is 2.70. The van der Waals surface area contributed by atoms with Gasteiger partial charge in [0.05, 0.1) is 11.2 Å². The first-order valence-corrected chi connectivity index (χ1v) is 7.36. The molecule has 120 valence electrons. The molecule has 1 aliphatic rings. The Morgan fingerprint density at radius 3 is 1.91 bits per heavy atom. The van der Waals surface area contributed by atoms with E-state index >= 15 is 0 Å². The second-order valence-corrected chi connectivity index (χ2v) is 6.24. The quantitative estimate of drug-likeness (QED) is 0.389. The van der Waals surface area contributed by atoms with Crippen molar-refractivity contribution in [3.8, 4) is 0 Å². The van der Waals surface area contributed by atoms with Gasteiger partial charge in [-0.25, -0.2) is 0 Å². The van der Waals surface area contributed by atoms with Crippen LogP contribution in [0.5, 0.6) is 0 Å². The molecule has 1 aliphatic heterocycles. The van der Waals surface area contributed by atoms with E-state index in [1.807, 2.05) is 64.1 Å². The summed E-state index contributed by atoms with van der Waals surface area (Å²) in [6.45, 7) is 8.11. The van der Waals surface area contributed by atoms with Crippen LogP contribution in [0.15, 0.2) is 48.5 Å². The van der Waals surface area contributed by atoms with Crippen LogP contribution >= 0.6 is 0 Å². The van der Waals surface area contributed by atoms with Crippen molar-refractivity contribution in [3.05, 3.63) is 60.7 Å². The Morgan fingerprint density at radius 2 is 1.52 bits per heavy atom. The molecule has 0 aliphatic carbocycles. The van der Waals surface area contributed by atoms with E-state index < -0.39 is 0 Å². The zero-order valence-electron chi connectivity index (χ0n) is 14.0. The first kappa shape index (κ1) is 20.0. The van der Waals surface area contributed by atoms with Gasteiger partial charge in [0, 0.05) is 0 Å². The summed E-state index contributed by atoms with van der Waals surface area (Å²) >= 11 is 0. The van der Waals surface area contributed by atoms with Crippen molar-refractivity contribution >= 4 is 18.3 Å². The van der Waals surface area contributed by atoms with Gasteiger partial charge in [-0.05, 0) is 27.7 Å². The zero-order valence-corrected chi connectivity index (χ0v) is 16.9. The van der Waals surface area contributed by atoms with Crippen molar-refractivity contribution in [3.63, 3.8) is 0 Å². The van der Waals surface area contributed by atoms with E-state index in [2.05, 4.69) is 12.1 Å². The molecule has 3 rings (SSSR count). The Balaban J connectivity index is 0.000000320. The van der Waals surface area contributed by atoms with Gasteiger partial charge in [0.15, 0.2) is 0 Å². The van der Waals surface area contributed by atoms with E-state index in [1.165, 1.54) is 0 Å². The van der Waals surface area contributed by atoms with Gasteiger partial charge in [0.25, 0.3) is 0 Å². The van der Waals surface area contributed by atoms with Gasteiger partial charge in [0.1, 0.15) is 0 Å². The molecule has 3 nitrogen and oxygen atoms in total. The second-order valence-electron chi connectivity index (χ2n) is 6.24. The molecule has 23 heavy (non-hydrogen) atoms. The number of hydrogen-bond donors (Lipinski definition) is 1. The molecule has 1 heterocycles. The van der Waals surface area contributed by atoms with E-state index in [9.17, 15) is 0 Å². The summed E-state index contributed by atoms with van der Waals surface area (Å²) in [4.78, 5) is 0. The van der Waals surface area contributed by atoms with Crippen molar-refractivity contribution in [2.24, 2.45) is 0 Å². The molecule has 0 spiro atoms. The van der Waals surface area contributed by atoms with Crippen molar-refractivity contribution < 1.29 is 30.4 Å². The van der Waals surface area contributed by atoms with Crippen LogP contribution in [0, 0.1) is 12.1 Å². The molecule has 0 aromatic heterocycles. The molecule has 1 fully saturated rings. The van der Waals surface area contributed by atoms with Crippen LogP contribution in [0.4, 0.5) is 5.69 Å². The Labute approximate surface area is 154 Å². The van der Waals surface area contributed by atoms with Crippen LogP contribution in [0.3, 0.4) is 0 Å². The smallest absolute Gasteiger partial charge is 0.419 e. The summed E-state index contributed by atoms with van der Waals surface area (Å²) in [6, 6.07) is 21.0. The summed E-state index contributed by atoms with van der Waals surface area (Å²) in [5.41, 5.74) is 6.63. The number of hydrogen-bond acceptors (Lipinski definition) is 3. The predicted molar refractivity (Wildman–Crippen MR) is 90.7 cm³/mol. The molecule has 0 bridgehead atoms. The molecule has 2 aromatic carbocycles. The van der Waals surface area contributed by atoms with Gasteiger partial charge >= 0.3 is 28.2 Å². The SMILES string of the molecule is CC1(C)OB(c2[c-]ccc(N)c2)OC1(C)C.[W+2].[c-]1ccccc1. The number of nitrogen functional groups attached to an aromatic ring is 1. The third-order valence-corrected chi connectivity index (χ3v) is 3.96. The average molecular weight is 479 g/mol. The molecule has 1 saturated heterocycles. The fourth-order valence-corrected chi connectivity index (χ4v) is 1.95. The van der Waals surface area contributed by atoms with Crippen LogP contribution in [-0.4, -0.2) is 18.3 Å². The molecule has 0 radical (unpaired) electrons. The number of nitrogens with two attached hydrogens (primary N) is 1. The van der Waals surface area contributed by atoms with Crippen molar-refractivity contribution in [1.29, 1.82) is 0 Å². The summed E-state index contributed by atoms with van der Waals surface area (Å²) in [5.74, 6) is 0. The minimum Gasteiger partial charge on any atom is -0.419 e. The minimum absolute atomic E-state index is 0. The second kappa shape index (κ2) is 8.14. The zero-order chi connectivity index (χ0) is 16.2. The van der Waals surface area contributed by atoms with Gasteiger partial charge in [-0.1, -0.05) is 5.69 Å². The number of benzene rings is 2. The van der Waals surface area contributed by atoms with Crippen LogP contribution in [0.25, 0.3) is 0 Å². The topological polar surface area (TPSA) is 44.5 Å². The molecule has 0 unspecified atom stereocenters. The Kier molecular flexibility index (Phi) is 7.07. The fourth-order valence-electron chi connectivity index (χ4n) is 1.95. The molecule has 0 saturated carbocycles. The van der Waals surface area contributed by atoms with Crippen LogP contribution in [0.1, 0.15) is 27.7 Å². The molecular formula is C18H22BNO2W. The van der Waals surface area contributed by atoms with Crippen molar-refractivity contribution in [2.75, 3.05) is 5.73 Å². The van der Waals surface area contributed by atoms with Gasteiger partial charge in [-0.15, -0.1) is 17.6 Å². The third kappa shape index (κ3) is 5.20. The summed E-state index contributed by atoms with van der Waals surface area (Å²) in [7, 11) is -0.381. The Morgan fingerprint density at radius 1 is 0.957 bits per heavy atom. The maximum Gasteiger partial charge on any atom is 2.00 e. The Bertz CT molecular complexity index is 562. The molecule has 5 heteroatoms. The van der Waals surface area contributed by atoms with E-state index in [0.717, 1.165) is 5.46 Å². The summed E-state index contributed by atoms with van der Waals surface area (Å²) in [5, 5.41) is 0. The standard InChI is InChI=1S/C12H17BNO2.C6H5.W/c1-11(2)12(3,4)16-13(15-11)9-6-5-7-10(14)8-9;1-2-4-6-5-3-1;/h5,7-8H,14H2,1-4H3;1-5H;/q2*-1;+2. The van der Waals surface area contributed by atoms with E-state index in [1.54, 1.807) is 12.1 Å². The Hall–Kier alpha value is -1.09. The normalized spacial score (nSPS) is 17.7. The molecule has 2 N–H and O–H groups in total. The minimum atomic E-state index is -0.381. The van der Waals surface area contributed by atoms with Crippen molar-refractivity contribution in [2.45, 2.75) is 38.9 Å². The first-order valence-electron chi connectivity index (χ1n) is 7.36. The molecule has 0 amide bonds. The van der Waals surface area contributed by atoms with Crippen LogP contribution in [0.2, 0.25) is 0 Å². The monoisotopic (exact) mass is 479 g/mol. The number of anilines is 1. The first-order chi connectivity index (χ1) is 10.3. The molecular weight excluding hydrogens is 457 g/mol.